The molecule has 0 spiro atoms. The molecule has 0 amide bonds. The van der Waals surface area contributed by atoms with Crippen LogP contribution in [0.4, 0.5) is 0 Å². The molecule has 1 N–H and O–H groups in total. The summed E-state index contributed by atoms with van der Waals surface area (Å²) >= 11 is 0. The van der Waals surface area contributed by atoms with Gasteiger partial charge in [-0.3, -0.25) is 9.78 Å². The van der Waals surface area contributed by atoms with Gasteiger partial charge in [0.2, 0.25) is 5.82 Å². The number of aryl methyl sites for hydroxylation is 1. The highest BCUT2D eigenvalue weighted by molar-refractivity contribution is 5.76. The van der Waals surface area contributed by atoms with E-state index in [-0.39, 0.29) is 0 Å². The Balaban J connectivity index is 1.50. The van der Waals surface area contributed by atoms with E-state index in [9.17, 15) is 0 Å². The van der Waals surface area contributed by atoms with Crippen LogP contribution in [0.25, 0.3) is 34.1 Å². The van der Waals surface area contributed by atoms with Crippen LogP contribution < -0.4 is 4.74 Å². The molecule has 4 heterocycles. The van der Waals surface area contributed by atoms with Crippen molar-refractivity contribution in [2.75, 3.05) is 6.61 Å². The Bertz CT molecular complexity index is 1080. The topological polar surface area (TPSA) is 94.7 Å². The van der Waals surface area contributed by atoms with Crippen LogP contribution >= 0.6 is 0 Å². The van der Waals surface area contributed by atoms with Crippen LogP contribution in [0.1, 0.15) is 12.5 Å². The molecule has 0 radical (unpaired) electrons. The summed E-state index contributed by atoms with van der Waals surface area (Å²) in [4.78, 5) is 4.56. The summed E-state index contributed by atoms with van der Waals surface area (Å²) in [7, 11) is 0. The van der Waals surface area contributed by atoms with Crippen molar-refractivity contribution in [2.45, 2.75) is 19.9 Å². The molecule has 4 aromatic rings. The number of H-pyrrole nitrogens is 1. The summed E-state index contributed by atoms with van der Waals surface area (Å²) in [5.41, 5.74) is 4.57. The largest absolute Gasteiger partial charge is 0.493 e. The van der Waals surface area contributed by atoms with E-state index in [0.29, 0.717) is 11.7 Å². The highest BCUT2D eigenvalue weighted by Crippen LogP contribution is 2.32. The monoisotopic (exact) mass is 348 g/mol. The van der Waals surface area contributed by atoms with Crippen molar-refractivity contribution in [2.24, 2.45) is 0 Å². The van der Waals surface area contributed by atoms with E-state index in [1.165, 1.54) is 5.56 Å². The van der Waals surface area contributed by atoms with Crippen LogP contribution in [0.3, 0.4) is 0 Å². The van der Waals surface area contributed by atoms with E-state index in [1.807, 2.05) is 29.9 Å². The molecule has 130 valence electrons. The van der Waals surface area contributed by atoms with Gasteiger partial charge in [0.15, 0.2) is 0 Å². The Morgan fingerprint density at radius 1 is 1.23 bits per heavy atom. The number of hydrogen-bond donors (Lipinski definition) is 1. The van der Waals surface area contributed by atoms with Crippen molar-refractivity contribution < 1.29 is 9.26 Å². The number of aromatic amines is 1. The number of benzene rings is 1. The predicted molar refractivity (Wildman–Crippen MR) is 93.4 cm³/mol. The molecule has 1 aliphatic heterocycles. The molecule has 8 heteroatoms. The summed E-state index contributed by atoms with van der Waals surface area (Å²) in [5.74, 6) is 1.90. The first-order valence-corrected chi connectivity index (χ1v) is 8.48. The minimum Gasteiger partial charge on any atom is -0.493 e. The normalized spacial score (nSPS) is 13.0. The molecule has 0 aliphatic carbocycles. The molecule has 0 fully saturated rings. The fourth-order valence-electron chi connectivity index (χ4n) is 3.11. The Labute approximate surface area is 148 Å². The second-order valence-electron chi connectivity index (χ2n) is 6.09. The molecule has 0 saturated heterocycles. The van der Waals surface area contributed by atoms with Gasteiger partial charge in [0.25, 0.3) is 5.89 Å². The van der Waals surface area contributed by atoms with Crippen molar-refractivity contribution >= 4 is 0 Å². The highest BCUT2D eigenvalue weighted by Gasteiger charge is 2.19. The van der Waals surface area contributed by atoms with E-state index in [0.717, 1.165) is 47.7 Å². The maximum absolute atomic E-state index is 5.54. The summed E-state index contributed by atoms with van der Waals surface area (Å²) in [6.45, 7) is 3.56. The number of nitrogens with one attached hydrogen (secondary N) is 1. The zero-order valence-electron chi connectivity index (χ0n) is 14.1. The Morgan fingerprint density at radius 2 is 2.19 bits per heavy atom. The van der Waals surface area contributed by atoms with E-state index in [4.69, 9.17) is 9.26 Å². The second kappa shape index (κ2) is 5.83. The van der Waals surface area contributed by atoms with E-state index in [2.05, 4.69) is 31.5 Å². The molecule has 5 rings (SSSR count). The second-order valence-corrected chi connectivity index (χ2v) is 6.09. The van der Waals surface area contributed by atoms with Gasteiger partial charge in [-0.25, -0.2) is 0 Å². The molecule has 0 bridgehead atoms. The maximum Gasteiger partial charge on any atom is 0.262 e. The van der Waals surface area contributed by atoms with Crippen LogP contribution in [-0.4, -0.2) is 36.7 Å². The molecular weight excluding hydrogens is 332 g/mol. The lowest BCUT2D eigenvalue weighted by Crippen LogP contribution is -1.92. The van der Waals surface area contributed by atoms with Gasteiger partial charge < -0.3 is 9.26 Å². The molecule has 8 nitrogen and oxygen atoms in total. The number of hydrogen-bond acceptors (Lipinski definition) is 6. The highest BCUT2D eigenvalue weighted by atomic mass is 16.5. The quantitative estimate of drug-likeness (QED) is 0.609. The summed E-state index contributed by atoms with van der Waals surface area (Å²) < 4.78 is 12.9. The van der Waals surface area contributed by atoms with Gasteiger partial charge in [0.05, 0.1) is 30.3 Å². The third-order valence-electron chi connectivity index (χ3n) is 4.49. The van der Waals surface area contributed by atoms with Gasteiger partial charge in [-0.05, 0) is 30.7 Å². The Morgan fingerprint density at radius 3 is 3.08 bits per heavy atom. The van der Waals surface area contributed by atoms with Crippen LogP contribution in [0.2, 0.25) is 0 Å². The van der Waals surface area contributed by atoms with Gasteiger partial charge in [-0.2, -0.15) is 15.2 Å². The minimum absolute atomic E-state index is 0.421. The van der Waals surface area contributed by atoms with E-state index < -0.39 is 0 Å². The lowest BCUT2D eigenvalue weighted by molar-refractivity contribution is 0.357. The van der Waals surface area contributed by atoms with Crippen LogP contribution in [0.5, 0.6) is 5.75 Å². The van der Waals surface area contributed by atoms with E-state index in [1.54, 1.807) is 12.4 Å². The molecule has 0 saturated carbocycles. The average molecular weight is 348 g/mol. The fourth-order valence-corrected chi connectivity index (χ4v) is 3.11. The number of nitrogens with zero attached hydrogens (tertiary/aromatic N) is 5. The molecule has 26 heavy (non-hydrogen) atoms. The molecular formula is C18H16N6O2. The first kappa shape index (κ1) is 14.9. The SMILES string of the molecule is CCn1cc(-c2[nH]ncc2-c2nc(-c3ccc4c(c3)CCO4)no2)cn1. The van der Waals surface area contributed by atoms with Crippen LogP contribution in [0.15, 0.2) is 41.3 Å². The number of ether oxygens (including phenoxy) is 1. The van der Waals surface area contributed by atoms with Crippen molar-refractivity contribution in [1.29, 1.82) is 0 Å². The fraction of sp³-hybridized carbons (Fsp3) is 0.222. The lowest BCUT2D eigenvalue weighted by Gasteiger charge is -1.99. The first-order chi connectivity index (χ1) is 12.8. The van der Waals surface area contributed by atoms with Crippen molar-refractivity contribution in [1.82, 2.24) is 30.1 Å². The molecule has 0 unspecified atom stereocenters. The van der Waals surface area contributed by atoms with Gasteiger partial charge >= 0.3 is 0 Å². The summed E-state index contributed by atoms with van der Waals surface area (Å²) in [6.07, 6.45) is 6.33. The van der Waals surface area contributed by atoms with E-state index >= 15 is 0 Å². The number of rotatable bonds is 4. The van der Waals surface area contributed by atoms with Crippen LogP contribution in [0, 0.1) is 0 Å². The molecule has 0 atom stereocenters. The third kappa shape index (κ3) is 2.38. The summed E-state index contributed by atoms with van der Waals surface area (Å²) in [5, 5.41) is 15.6. The zero-order valence-corrected chi connectivity index (χ0v) is 14.1. The molecule has 3 aromatic heterocycles. The third-order valence-corrected chi connectivity index (χ3v) is 4.49. The van der Waals surface area contributed by atoms with Gasteiger partial charge in [-0.1, -0.05) is 5.16 Å². The standard InChI is InChI=1S/C18H16N6O2/c1-2-24-10-13(8-20-24)16-14(9-19-22-16)18-21-17(23-26-18)12-3-4-15-11(7-12)5-6-25-15/h3-4,7-10H,2,5-6H2,1H3,(H,19,22). The van der Waals surface area contributed by atoms with Crippen molar-refractivity contribution in [3.8, 4) is 39.8 Å². The van der Waals surface area contributed by atoms with Crippen molar-refractivity contribution in [3.63, 3.8) is 0 Å². The smallest absolute Gasteiger partial charge is 0.262 e. The zero-order chi connectivity index (χ0) is 17.5. The molecule has 1 aromatic carbocycles. The summed E-state index contributed by atoms with van der Waals surface area (Å²) in [6, 6.07) is 5.95. The predicted octanol–water partition coefficient (Wildman–Crippen LogP) is 2.95. The number of fused-ring (bicyclic) bond motifs is 1. The maximum atomic E-state index is 5.54. The van der Waals surface area contributed by atoms with Gasteiger partial charge in [0.1, 0.15) is 5.75 Å². The Kier molecular flexibility index (Phi) is 3.34. The average Bonchev–Trinajstić information content (AvgIpc) is 3.47. The Hall–Kier alpha value is -3.42. The first-order valence-electron chi connectivity index (χ1n) is 8.48. The van der Waals surface area contributed by atoms with Gasteiger partial charge in [0, 0.05) is 30.3 Å². The minimum atomic E-state index is 0.421. The lowest BCUT2D eigenvalue weighted by atomic mass is 10.1. The van der Waals surface area contributed by atoms with Crippen molar-refractivity contribution in [3.05, 3.63) is 42.4 Å². The molecule has 1 aliphatic rings. The number of aromatic nitrogens is 6. The van der Waals surface area contributed by atoms with Gasteiger partial charge in [-0.15, -0.1) is 0 Å². The van der Waals surface area contributed by atoms with Crippen LogP contribution in [-0.2, 0) is 13.0 Å².